The SMILES string of the molecule is CCNC(=NCCc1ccco1)NCCOc1cccc(OC)c1.I. The lowest BCUT2D eigenvalue weighted by Gasteiger charge is -2.12. The molecular weight excluding hydrogens is 433 g/mol. The number of guanidine groups is 1. The van der Waals surface area contributed by atoms with Gasteiger partial charge < -0.3 is 24.5 Å². The Hall–Kier alpha value is -1.90. The second kappa shape index (κ2) is 12.5. The zero-order chi connectivity index (χ0) is 17.0. The topological polar surface area (TPSA) is 68.0 Å². The molecule has 25 heavy (non-hydrogen) atoms. The van der Waals surface area contributed by atoms with Crippen LogP contribution in [0.3, 0.4) is 0 Å². The van der Waals surface area contributed by atoms with Crippen molar-refractivity contribution in [3.8, 4) is 11.5 Å². The molecule has 138 valence electrons. The summed E-state index contributed by atoms with van der Waals surface area (Å²) < 4.78 is 16.2. The molecule has 0 aliphatic carbocycles. The maximum Gasteiger partial charge on any atom is 0.191 e. The van der Waals surface area contributed by atoms with Crippen molar-refractivity contribution >= 4 is 29.9 Å². The van der Waals surface area contributed by atoms with E-state index in [4.69, 9.17) is 13.9 Å². The highest BCUT2D eigenvalue weighted by Gasteiger charge is 2.00. The largest absolute Gasteiger partial charge is 0.497 e. The molecule has 1 aromatic carbocycles. The highest BCUT2D eigenvalue weighted by Crippen LogP contribution is 2.18. The van der Waals surface area contributed by atoms with E-state index in [1.54, 1.807) is 13.4 Å². The summed E-state index contributed by atoms with van der Waals surface area (Å²) in [6, 6.07) is 11.4. The third-order valence-corrected chi connectivity index (χ3v) is 3.26. The maximum atomic E-state index is 5.70. The van der Waals surface area contributed by atoms with Gasteiger partial charge in [-0.15, -0.1) is 24.0 Å². The van der Waals surface area contributed by atoms with E-state index < -0.39 is 0 Å². The minimum absolute atomic E-state index is 0. The Kier molecular flexibility index (Phi) is 10.5. The summed E-state index contributed by atoms with van der Waals surface area (Å²) in [5, 5.41) is 6.46. The van der Waals surface area contributed by atoms with E-state index in [0.717, 1.165) is 36.2 Å². The molecule has 0 amide bonds. The number of rotatable bonds is 9. The third-order valence-electron chi connectivity index (χ3n) is 3.26. The van der Waals surface area contributed by atoms with Crippen LogP contribution in [0.2, 0.25) is 0 Å². The second-order valence-electron chi connectivity index (χ2n) is 5.04. The predicted molar refractivity (Wildman–Crippen MR) is 110 cm³/mol. The van der Waals surface area contributed by atoms with Crippen LogP contribution in [0.15, 0.2) is 52.1 Å². The van der Waals surface area contributed by atoms with Gasteiger partial charge in [0, 0.05) is 25.6 Å². The van der Waals surface area contributed by atoms with Gasteiger partial charge in [0.2, 0.25) is 0 Å². The van der Waals surface area contributed by atoms with Crippen molar-refractivity contribution in [3.05, 3.63) is 48.4 Å². The van der Waals surface area contributed by atoms with Gasteiger partial charge in [-0.3, -0.25) is 4.99 Å². The first kappa shape index (κ1) is 21.1. The third kappa shape index (κ3) is 8.15. The molecule has 2 aromatic rings. The van der Waals surface area contributed by atoms with Crippen molar-refractivity contribution in [1.29, 1.82) is 0 Å². The van der Waals surface area contributed by atoms with Crippen LogP contribution in [0.25, 0.3) is 0 Å². The molecule has 0 radical (unpaired) electrons. The second-order valence-corrected chi connectivity index (χ2v) is 5.04. The number of methoxy groups -OCH3 is 1. The lowest BCUT2D eigenvalue weighted by molar-refractivity contribution is 0.319. The fraction of sp³-hybridized carbons (Fsp3) is 0.389. The first-order valence-electron chi connectivity index (χ1n) is 8.13. The van der Waals surface area contributed by atoms with Gasteiger partial charge in [-0.05, 0) is 31.2 Å². The first-order chi connectivity index (χ1) is 11.8. The molecular formula is C18H26IN3O3. The predicted octanol–water partition coefficient (Wildman–Crippen LogP) is 3.08. The van der Waals surface area contributed by atoms with Crippen LogP contribution >= 0.6 is 24.0 Å². The van der Waals surface area contributed by atoms with Crippen molar-refractivity contribution in [2.24, 2.45) is 4.99 Å². The quantitative estimate of drug-likeness (QED) is 0.261. The van der Waals surface area contributed by atoms with Crippen molar-refractivity contribution in [2.45, 2.75) is 13.3 Å². The fourth-order valence-electron chi connectivity index (χ4n) is 2.10. The van der Waals surface area contributed by atoms with Crippen LogP contribution in [0, 0.1) is 0 Å². The van der Waals surface area contributed by atoms with Crippen molar-refractivity contribution in [3.63, 3.8) is 0 Å². The van der Waals surface area contributed by atoms with Gasteiger partial charge in [0.15, 0.2) is 5.96 Å². The van der Waals surface area contributed by atoms with E-state index in [1.165, 1.54) is 0 Å². The zero-order valence-corrected chi connectivity index (χ0v) is 17.0. The molecule has 2 rings (SSSR count). The molecule has 0 saturated carbocycles. The molecule has 6 nitrogen and oxygen atoms in total. The van der Waals surface area contributed by atoms with Crippen LogP contribution in [-0.2, 0) is 6.42 Å². The maximum absolute atomic E-state index is 5.70. The number of nitrogens with zero attached hydrogens (tertiary/aromatic N) is 1. The van der Waals surface area contributed by atoms with E-state index in [2.05, 4.69) is 15.6 Å². The summed E-state index contributed by atoms with van der Waals surface area (Å²) in [5.74, 6) is 3.29. The van der Waals surface area contributed by atoms with Crippen molar-refractivity contribution < 1.29 is 13.9 Å². The molecule has 0 aliphatic heterocycles. The van der Waals surface area contributed by atoms with E-state index in [-0.39, 0.29) is 24.0 Å². The fourth-order valence-corrected chi connectivity index (χ4v) is 2.10. The average molecular weight is 459 g/mol. The molecule has 0 spiro atoms. The average Bonchev–Trinajstić information content (AvgIpc) is 3.12. The summed E-state index contributed by atoms with van der Waals surface area (Å²) in [6.45, 7) is 4.71. The lowest BCUT2D eigenvalue weighted by atomic mass is 10.3. The van der Waals surface area contributed by atoms with Crippen LogP contribution in [0.5, 0.6) is 11.5 Å². The Morgan fingerprint density at radius 1 is 1.16 bits per heavy atom. The van der Waals surface area contributed by atoms with Gasteiger partial charge in [-0.1, -0.05) is 6.07 Å². The van der Waals surface area contributed by atoms with Crippen LogP contribution in [-0.4, -0.2) is 39.3 Å². The summed E-state index contributed by atoms with van der Waals surface area (Å²) >= 11 is 0. The number of aliphatic imine (C=N–C) groups is 1. The number of hydrogen-bond acceptors (Lipinski definition) is 4. The van der Waals surface area contributed by atoms with Gasteiger partial charge in [0.25, 0.3) is 0 Å². The monoisotopic (exact) mass is 459 g/mol. The molecule has 0 fully saturated rings. The Morgan fingerprint density at radius 3 is 2.72 bits per heavy atom. The van der Waals surface area contributed by atoms with E-state index in [1.807, 2.05) is 43.3 Å². The molecule has 7 heteroatoms. The first-order valence-corrected chi connectivity index (χ1v) is 8.13. The molecule has 0 bridgehead atoms. The molecule has 1 aromatic heterocycles. The van der Waals surface area contributed by atoms with Gasteiger partial charge in [0.05, 0.1) is 19.9 Å². The van der Waals surface area contributed by atoms with Crippen LogP contribution in [0.4, 0.5) is 0 Å². The summed E-state index contributed by atoms with van der Waals surface area (Å²) in [6.07, 6.45) is 2.46. The number of hydrogen-bond donors (Lipinski definition) is 2. The normalized spacial score (nSPS) is 10.7. The molecule has 0 aliphatic rings. The highest BCUT2D eigenvalue weighted by atomic mass is 127. The number of furan rings is 1. The minimum atomic E-state index is 0. The van der Waals surface area contributed by atoms with E-state index in [0.29, 0.717) is 19.7 Å². The molecule has 1 heterocycles. The van der Waals surface area contributed by atoms with E-state index >= 15 is 0 Å². The zero-order valence-electron chi connectivity index (χ0n) is 14.7. The lowest BCUT2D eigenvalue weighted by Crippen LogP contribution is -2.39. The highest BCUT2D eigenvalue weighted by molar-refractivity contribution is 14.0. The number of nitrogens with one attached hydrogen (secondary N) is 2. The Balaban J connectivity index is 0.00000312. The van der Waals surface area contributed by atoms with Gasteiger partial charge in [-0.25, -0.2) is 0 Å². The van der Waals surface area contributed by atoms with E-state index in [9.17, 15) is 0 Å². The minimum Gasteiger partial charge on any atom is -0.497 e. The molecule has 0 unspecified atom stereocenters. The van der Waals surface area contributed by atoms with Gasteiger partial charge in [0.1, 0.15) is 23.9 Å². The van der Waals surface area contributed by atoms with Gasteiger partial charge >= 0.3 is 0 Å². The molecule has 0 saturated heterocycles. The Bertz CT molecular complexity index is 618. The molecule has 2 N–H and O–H groups in total. The van der Waals surface area contributed by atoms with Crippen LogP contribution in [0.1, 0.15) is 12.7 Å². The summed E-state index contributed by atoms with van der Waals surface area (Å²) in [7, 11) is 1.64. The number of benzene rings is 1. The van der Waals surface area contributed by atoms with Crippen LogP contribution < -0.4 is 20.1 Å². The standard InChI is InChI=1S/C18H25N3O3.HI/c1-3-19-18(20-10-9-15-8-5-12-23-15)21-11-13-24-17-7-4-6-16(14-17)22-2;/h4-8,12,14H,3,9-11,13H2,1-2H3,(H2,19,20,21);1H. The smallest absolute Gasteiger partial charge is 0.191 e. The van der Waals surface area contributed by atoms with Crippen molar-refractivity contribution in [1.82, 2.24) is 10.6 Å². The van der Waals surface area contributed by atoms with Crippen molar-refractivity contribution in [2.75, 3.05) is 33.4 Å². The number of halogens is 1. The van der Waals surface area contributed by atoms with Gasteiger partial charge in [-0.2, -0.15) is 0 Å². The summed E-state index contributed by atoms with van der Waals surface area (Å²) in [5.41, 5.74) is 0. The Morgan fingerprint density at radius 2 is 2.00 bits per heavy atom. The Labute approximate surface area is 166 Å². The number of ether oxygens (including phenoxy) is 2. The summed E-state index contributed by atoms with van der Waals surface area (Å²) in [4.78, 5) is 4.52. The molecule has 0 atom stereocenters.